The number of nitrogens with zero attached hydrogens (tertiary/aromatic N) is 1. The summed E-state index contributed by atoms with van der Waals surface area (Å²) >= 11 is 0. The third-order valence-corrected chi connectivity index (χ3v) is 6.46. The molecule has 0 unspecified atom stereocenters. The van der Waals surface area contributed by atoms with E-state index < -0.39 is 0 Å². The van der Waals surface area contributed by atoms with Crippen molar-refractivity contribution in [2.45, 2.75) is 39.5 Å². The number of rotatable bonds is 8. The summed E-state index contributed by atoms with van der Waals surface area (Å²) in [5.74, 6) is 1.46. The van der Waals surface area contributed by atoms with E-state index in [2.05, 4.69) is 17.4 Å². The molecule has 2 heterocycles. The number of amides is 2. The second-order valence-electron chi connectivity index (χ2n) is 8.81. The molecule has 0 radical (unpaired) electrons. The molecular weight excluding hydrogens is 428 g/mol. The molecule has 0 saturated carbocycles. The zero-order valence-electron chi connectivity index (χ0n) is 19.9. The quantitative estimate of drug-likeness (QED) is 0.466. The molecule has 1 aliphatic heterocycles. The van der Waals surface area contributed by atoms with Crippen LogP contribution in [0.4, 0.5) is 5.69 Å². The number of aryl methyl sites for hydroxylation is 2. The maximum atomic E-state index is 13.1. The molecule has 0 atom stereocenters. The van der Waals surface area contributed by atoms with E-state index in [0.29, 0.717) is 23.8 Å². The summed E-state index contributed by atoms with van der Waals surface area (Å²) in [5.41, 5.74) is 3.43. The Kier molecular flexibility index (Phi) is 7.68. The van der Waals surface area contributed by atoms with E-state index in [9.17, 15) is 9.59 Å². The van der Waals surface area contributed by atoms with E-state index in [4.69, 9.17) is 9.15 Å². The van der Waals surface area contributed by atoms with Crippen LogP contribution in [0.1, 0.15) is 58.2 Å². The van der Waals surface area contributed by atoms with E-state index in [1.165, 1.54) is 11.8 Å². The summed E-state index contributed by atoms with van der Waals surface area (Å²) in [6.07, 6.45) is 5.65. The van der Waals surface area contributed by atoms with Gasteiger partial charge in [-0.15, -0.1) is 0 Å². The molecular formula is C28H32N2O4. The number of benzene rings is 2. The summed E-state index contributed by atoms with van der Waals surface area (Å²) in [6, 6.07) is 17.1. The second-order valence-corrected chi connectivity index (χ2v) is 8.81. The first kappa shape index (κ1) is 23.6. The maximum absolute atomic E-state index is 13.1. The number of carbonyl (C=O) groups excluding carboxylic acids is 2. The Morgan fingerprint density at radius 2 is 1.85 bits per heavy atom. The smallest absolute Gasteiger partial charge is 0.291 e. The fourth-order valence-corrected chi connectivity index (χ4v) is 4.38. The number of furan rings is 1. The fraction of sp³-hybridized carbons (Fsp3) is 0.357. The van der Waals surface area contributed by atoms with Crippen LogP contribution in [0.2, 0.25) is 0 Å². The number of anilines is 1. The molecule has 1 aromatic heterocycles. The van der Waals surface area contributed by atoms with Crippen molar-refractivity contribution in [2.24, 2.45) is 5.92 Å². The Balaban J connectivity index is 1.29. The topological polar surface area (TPSA) is 71.8 Å². The molecule has 6 heteroatoms. The predicted molar refractivity (Wildman–Crippen MR) is 132 cm³/mol. The van der Waals surface area contributed by atoms with Crippen LogP contribution in [0.5, 0.6) is 5.75 Å². The van der Waals surface area contributed by atoms with Crippen molar-refractivity contribution in [3.63, 3.8) is 0 Å². The fourth-order valence-electron chi connectivity index (χ4n) is 4.38. The highest BCUT2D eigenvalue weighted by atomic mass is 16.5. The number of piperidine rings is 1. The van der Waals surface area contributed by atoms with Crippen LogP contribution in [0, 0.1) is 12.8 Å². The third-order valence-electron chi connectivity index (χ3n) is 6.46. The molecule has 1 saturated heterocycles. The molecule has 6 nitrogen and oxygen atoms in total. The van der Waals surface area contributed by atoms with Gasteiger partial charge in [-0.25, -0.2) is 0 Å². The SMILES string of the molecule is CCOc1ccc(CCC2CCN(C(=O)c3ccc(C)c(NC(=O)c4ccco4)c3)CC2)cc1. The molecule has 34 heavy (non-hydrogen) atoms. The van der Waals surface area contributed by atoms with Crippen LogP contribution in [-0.4, -0.2) is 36.4 Å². The van der Waals surface area contributed by atoms with E-state index in [0.717, 1.165) is 50.1 Å². The summed E-state index contributed by atoms with van der Waals surface area (Å²) in [5, 5.41) is 2.85. The van der Waals surface area contributed by atoms with Crippen molar-refractivity contribution in [3.8, 4) is 5.75 Å². The molecule has 0 spiro atoms. The van der Waals surface area contributed by atoms with Gasteiger partial charge < -0.3 is 19.4 Å². The minimum atomic E-state index is -0.328. The van der Waals surface area contributed by atoms with Gasteiger partial charge in [0.25, 0.3) is 11.8 Å². The van der Waals surface area contributed by atoms with Crippen molar-refractivity contribution < 1.29 is 18.7 Å². The second kappa shape index (κ2) is 11.1. The lowest BCUT2D eigenvalue weighted by atomic mass is 9.90. The van der Waals surface area contributed by atoms with Crippen LogP contribution in [0.25, 0.3) is 0 Å². The van der Waals surface area contributed by atoms with Gasteiger partial charge in [-0.1, -0.05) is 18.2 Å². The molecule has 0 aliphatic carbocycles. The normalized spacial score (nSPS) is 14.1. The van der Waals surface area contributed by atoms with Crippen LogP contribution in [0.15, 0.2) is 65.3 Å². The number of likely N-dealkylation sites (tertiary alicyclic amines) is 1. The van der Waals surface area contributed by atoms with E-state index in [1.807, 2.05) is 43.0 Å². The number of ether oxygens (including phenoxy) is 1. The monoisotopic (exact) mass is 460 g/mol. The predicted octanol–water partition coefficient (Wildman–Crippen LogP) is 5.72. The Hall–Kier alpha value is -3.54. The highest BCUT2D eigenvalue weighted by Gasteiger charge is 2.24. The zero-order chi connectivity index (χ0) is 23.9. The molecule has 3 aromatic rings. The lowest BCUT2D eigenvalue weighted by Crippen LogP contribution is -2.38. The van der Waals surface area contributed by atoms with E-state index >= 15 is 0 Å². The molecule has 2 amide bonds. The highest BCUT2D eigenvalue weighted by molar-refractivity contribution is 6.04. The first-order valence-electron chi connectivity index (χ1n) is 12.0. The Labute approximate surface area is 200 Å². The average molecular weight is 461 g/mol. The first-order chi connectivity index (χ1) is 16.5. The van der Waals surface area contributed by atoms with Gasteiger partial charge in [0.15, 0.2) is 5.76 Å². The van der Waals surface area contributed by atoms with Gasteiger partial charge in [0.1, 0.15) is 5.75 Å². The Morgan fingerprint density at radius 3 is 2.53 bits per heavy atom. The molecule has 1 fully saturated rings. The molecule has 0 bridgehead atoms. The van der Waals surface area contributed by atoms with Crippen LogP contribution < -0.4 is 10.1 Å². The average Bonchev–Trinajstić information content (AvgIpc) is 3.40. The largest absolute Gasteiger partial charge is 0.494 e. The summed E-state index contributed by atoms with van der Waals surface area (Å²) in [7, 11) is 0. The van der Waals surface area contributed by atoms with Gasteiger partial charge in [0.05, 0.1) is 12.9 Å². The van der Waals surface area contributed by atoms with Gasteiger partial charge in [0, 0.05) is 24.3 Å². The van der Waals surface area contributed by atoms with Crippen molar-refractivity contribution in [3.05, 3.63) is 83.3 Å². The van der Waals surface area contributed by atoms with Crippen molar-refractivity contribution in [2.75, 3.05) is 25.0 Å². The lowest BCUT2D eigenvalue weighted by Gasteiger charge is -2.32. The lowest BCUT2D eigenvalue weighted by molar-refractivity contribution is 0.0686. The zero-order valence-corrected chi connectivity index (χ0v) is 19.9. The molecule has 178 valence electrons. The van der Waals surface area contributed by atoms with Crippen LogP contribution >= 0.6 is 0 Å². The van der Waals surface area contributed by atoms with Gasteiger partial charge in [0.2, 0.25) is 0 Å². The minimum Gasteiger partial charge on any atom is -0.494 e. The number of hydrogen-bond donors (Lipinski definition) is 1. The van der Waals surface area contributed by atoms with Gasteiger partial charge in [-0.05, 0) is 93.0 Å². The number of carbonyl (C=O) groups is 2. The summed E-state index contributed by atoms with van der Waals surface area (Å²) in [4.78, 5) is 27.4. The van der Waals surface area contributed by atoms with Crippen molar-refractivity contribution in [1.82, 2.24) is 4.90 Å². The van der Waals surface area contributed by atoms with Gasteiger partial charge >= 0.3 is 0 Å². The first-order valence-corrected chi connectivity index (χ1v) is 12.0. The van der Waals surface area contributed by atoms with E-state index in [1.54, 1.807) is 18.2 Å². The van der Waals surface area contributed by atoms with Crippen LogP contribution in [-0.2, 0) is 6.42 Å². The standard InChI is InChI=1S/C28H32N2O4/c1-3-33-24-12-9-21(10-13-24)7-8-22-14-16-30(17-15-22)28(32)23-11-6-20(2)25(19-23)29-27(31)26-5-4-18-34-26/h4-6,9-13,18-19,22H,3,7-8,14-17H2,1-2H3,(H,29,31). The highest BCUT2D eigenvalue weighted by Crippen LogP contribution is 2.25. The van der Waals surface area contributed by atoms with Gasteiger partial charge in [-0.3, -0.25) is 9.59 Å². The van der Waals surface area contributed by atoms with Gasteiger partial charge in [-0.2, -0.15) is 0 Å². The summed E-state index contributed by atoms with van der Waals surface area (Å²) in [6.45, 7) is 6.09. The third kappa shape index (κ3) is 5.87. The van der Waals surface area contributed by atoms with Crippen molar-refractivity contribution in [1.29, 1.82) is 0 Å². The summed E-state index contributed by atoms with van der Waals surface area (Å²) < 4.78 is 10.7. The van der Waals surface area contributed by atoms with E-state index in [-0.39, 0.29) is 17.6 Å². The Bertz CT molecular complexity index is 1100. The van der Waals surface area contributed by atoms with Crippen LogP contribution in [0.3, 0.4) is 0 Å². The molecule has 1 aliphatic rings. The molecule has 1 N–H and O–H groups in total. The minimum absolute atomic E-state index is 0.0125. The number of nitrogens with one attached hydrogen (secondary N) is 1. The Morgan fingerprint density at radius 1 is 1.09 bits per heavy atom. The molecule has 2 aromatic carbocycles. The van der Waals surface area contributed by atoms with Crippen molar-refractivity contribution >= 4 is 17.5 Å². The number of hydrogen-bond acceptors (Lipinski definition) is 4. The molecule has 4 rings (SSSR count). The maximum Gasteiger partial charge on any atom is 0.291 e.